The summed E-state index contributed by atoms with van der Waals surface area (Å²) in [7, 11) is 0. The fourth-order valence-corrected chi connectivity index (χ4v) is 1.42. The molecule has 0 atom stereocenters. The van der Waals surface area contributed by atoms with E-state index in [1.807, 2.05) is 36.4 Å². The average molecular weight is 207 g/mol. The molecule has 0 radical (unpaired) electrons. The molecule has 0 aliphatic carbocycles. The van der Waals surface area contributed by atoms with Crippen LogP contribution in [-0.4, -0.2) is 4.98 Å². The predicted molar refractivity (Wildman–Crippen MR) is 68.7 cm³/mol. The van der Waals surface area contributed by atoms with Gasteiger partial charge < -0.3 is 0 Å². The molecule has 0 saturated heterocycles. The lowest BCUT2D eigenvalue weighted by atomic mass is 10.1. The molecule has 0 amide bonds. The van der Waals surface area contributed by atoms with Crippen molar-refractivity contribution in [2.75, 3.05) is 0 Å². The van der Waals surface area contributed by atoms with Crippen molar-refractivity contribution in [2.24, 2.45) is 0 Å². The number of benzene rings is 1. The Morgan fingerprint density at radius 2 is 1.69 bits per heavy atom. The van der Waals surface area contributed by atoms with E-state index in [0.29, 0.717) is 0 Å². The highest BCUT2D eigenvalue weighted by Crippen LogP contribution is 2.13. The van der Waals surface area contributed by atoms with Crippen molar-refractivity contribution < 1.29 is 0 Å². The van der Waals surface area contributed by atoms with Crippen molar-refractivity contribution in [1.29, 1.82) is 0 Å². The largest absolute Gasteiger partial charge is 0.265 e. The van der Waals surface area contributed by atoms with Crippen LogP contribution in [0.5, 0.6) is 0 Å². The van der Waals surface area contributed by atoms with Crippen molar-refractivity contribution in [3.63, 3.8) is 0 Å². The van der Waals surface area contributed by atoms with Crippen LogP contribution in [0.2, 0.25) is 0 Å². The predicted octanol–water partition coefficient (Wildman–Crippen LogP) is 3.81. The molecular formula is C15H13N. The third-order valence-electron chi connectivity index (χ3n) is 2.33. The van der Waals surface area contributed by atoms with Crippen LogP contribution < -0.4 is 0 Å². The van der Waals surface area contributed by atoms with Gasteiger partial charge in [0.1, 0.15) is 0 Å². The number of nitrogens with zero attached hydrogens (tertiary/aromatic N) is 1. The van der Waals surface area contributed by atoms with Crippen LogP contribution in [-0.2, 0) is 0 Å². The first-order chi connectivity index (χ1) is 7.86. The maximum atomic E-state index is 4.03. The monoisotopic (exact) mass is 207 g/mol. The second kappa shape index (κ2) is 5.08. The molecule has 0 bridgehead atoms. The normalized spacial score (nSPS) is 10.5. The minimum atomic E-state index is 0.992. The van der Waals surface area contributed by atoms with Crippen LogP contribution in [0.3, 0.4) is 0 Å². The molecule has 78 valence electrons. The van der Waals surface area contributed by atoms with Crippen LogP contribution in [0.25, 0.3) is 11.6 Å². The Morgan fingerprint density at radius 1 is 1.00 bits per heavy atom. The van der Waals surface area contributed by atoms with E-state index in [-0.39, 0.29) is 0 Å². The zero-order valence-electron chi connectivity index (χ0n) is 9.01. The molecule has 0 spiro atoms. The zero-order valence-corrected chi connectivity index (χ0v) is 9.01. The number of pyridine rings is 1. The van der Waals surface area contributed by atoms with Gasteiger partial charge in [-0.05, 0) is 28.8 Å². The fraction of sp³-hybridized carbons (Fsp3) is 0. The molecule has 1 aromatic heterocycles. The molecule has 0 aliphatic rings. The molecule has 2 aromatic rings. The maximum Gasteiger partial charge on any atom is 0.0273 e. The molecule has 1 heteroatoms. The van der Waals surface area contributed by atoms with E-state index in [9.17, 15) is 0 Å². The van der Waals surface area contributed by atoms with Gasteiger partial charge in [0.25, 0.3) is 0 Å². The number of rotatable bonds is 3. The summed E-state index contributed by atoms with van der Waals surface area (Å²) in [4.78, 5) is 3.98. The second-order valence-electron chi connectivity index (χ2n) is 3.51. The lowest BCUT2D eigenvalue weighted by Crippen LogP contribution is -1.79. The Labute approximate surface area is 95.8 Å². The summed E-state index contributed by atoms with van der Waals surface area (Å²) in [6.45, 7) is 4.03. The van der Waals surface area contributed by atoms with E-state index in [0.717, 1.165) is 11.1 Å². The first kappa shape index (κ1) is 10.4. The minimum absolute atomic E-state index is 0.992. The van der Waals surface area contributed by atoms with Crippen molar-refractivity contribution in [2.45, 2.75) is 0 Å². The molecular weight excluding hydrogens is 194 g/mol. The Balaban J connectivity index is 2.12. The third kappa shape index (κ3) is 2.67. The topological polar surface area (TPSA) is 12.9 Å². The smallest absolute Gasteiger partial charge is 0.0273 e. The molecule has 0 unspecified atom stereocenters. The zero-order chi connectivity index (χ0) is 11.2. The van der Waals surface area contributed by atoms with E-state index in [1.54, 1.807) is 12.4 Å². The summed E-state index contributed by atoms with van der Waals surface area (Å²) < 4.78 is 0. The van der Waals surface area contributed by atoms with Crippen LogP contribution in [0, 0.1) is 0 Å². The average Bonchev–Trinajstić information content (AvgIpc) is 2.38. The van der Waals surface area contributed by atoms with Gasteiger partial charge in [0, 0.05) is 12.4 Å². The van der Waals surface area contributed by atoms with Crippen molar-refractivity contribution in [3.8, 4) is 0 Å². The lowest BCUT2D eigenvalue weighted by molar-refractivity contribution is 1.32. The van der Waals surface area contributed by atoms with Crippen molar-refractivity contribution in [3.05, 3.63) is 78.6 Å². The molecule has 0 saturated carbocycles. The molecule has 0 aliphatic heterocycles. The molecule has 1 heterocycles. The highest BCUT2D eigenvalue weighted by molar-refractivity contribution is 5.76. The Morgan fingerprint density at radius 3 is 2.38 bits per heavy atom. The summed E-state index contributed by atoms with van der Waals surface area (Å²) in [5, 5.41) is 0. The van der Waals surface area contributed by atoms with Gasteiger partial charge in [-0.2, -0.15) is 0 Å². The summed E-state index contributed by atoms with van der Waals surface area (Å²) in [6, 6.07) is 14.1. The van der Waals surface area contributed by atoms with E-state index < -0.39 is 0 Å². The molecule has 0 fully saturated rings. The fourth-order valence-electron chi connectivity index (χ4n) is 1.42. The van der Waals surface area contributed by atoms with Crippen LogP contribution in [0.1, 0.15) is 11.1 Å². The summed E-state index contributed by atoms with van der Waals surface area (Å²) in [6.07, 6.45) is 7.63. The highest BCUT2D eigenvalue weighted by Gasteiger charge is 1.92. The van der Waals surface area contributed by atoms with E-state index in [2.05, 4.69) is 29.8 Å². The third-order valence-corrected chi connectivity index (χ3v) is 2.33. The SMILES string of the molecule is C=C(/C=C/c1ccccc1)c1ccncc1. The van der Waals surface area contributed by atoms with Crippen LogP contribution in [0.4, 0.5) is 0 Å². The maximum absolute atomic E-state index is 4.03. The van der Waals surface area contributed by atoms with Gasteiger partial charge in [-0.1, -0.05) is 49.1 Å². The van der Waals surface area contributed by atoms with Crippen molar-refractivity contribution in [1.82, 2.24) is 4.98 Å². The molecule has 16 heavy (non-hydrogen) atoms. The Hall–Kier alpha value is -2.15. The first-order valence-electron chi connectivity index (χ1n) is 5.19. The first-order valence-corrected chi connectivity index (χ1v) is 5.19. The number of aromatic nitrogens is 1. The van der Waals surface area contributed by atoms with E-state index in [4.69, 9.17) is 0 Å². The highest BCUT2D eigenvalue weighted by atomic mass is 14.6. The van der Waals surface area contributed by atoms with Crippen LogP contribution >= 0.6 is 0 Å². The molecule has 2 rings (SSSR count). The quantitative estimate of drug-likeness (QED) is 0.697. The summed E-state index contributed by atoms with van der Waals surface area (Å²) in [5.41, 5.74) is 3.27. The van der Waals surface area contributed by atoms with Gasteiger partial charge in [0.2, 0.25) is 0 Å². The van der Waals surface area contributed by atoms with E-state index in [1.165, 1.54) is 5.56 Å². The van der Waals surface area contributed by atoms with E-state index >= 15 is 0 Å². The summed E-state index contributed by atoms with van der Waals surface area (Å²) in [5.74, 6) is 0. The standard InChI is InChI=1S/C15H13N/c1-13(15-9-11-16-12-10-15)7-8-14-5-3-2-4-6-14/h2-12H,1H2/b8-7+. The number of hydrogen-bond acceptors (Lipinski definition) is 1. The molecule has 0 N–H and O–H groups in total. The van der Waals surface area contributed by atoms with Crippen LogP contribution in [0.15, 0.2) is 67.5 Å². The van der Waals surface area contributed by atoms with Crippen molar-refractivity contribution >= 4 is 11.6 Å². The minimum Gasteiger partial charge on any atom is -0.265 e. The second-order valence-corrected chi connectivity index (χ2v) is 3.51. The van der Waals surface area contributed by atoms with Gasteiger partial charge in [-0.3, -0.25) is 4.98 Å². The van der Waals surface area contributed by atoms with Gasteiger partial charge in [-0.25, -0.2) is 0 Å². The van der Waals surface area contributed by atoms with Gasteiger partial charge in [0.05, 0.1) is 0 Å². The van der Waals surface area contributed by atoms with Gasteiger partial charge in [-0.15, -0.1) is 0 Å². The number of hydrogen-bond donors (Lipinski definition) is 0. The Kier molecular flexibility index (Phi) is 3.29. The number of allylic oxidation sites excluding steroid dienone is 2. The Bertz CT molecular complexity index is 483. The lowest BCUT2D eigenvalue weighted by Gasteiger charge is -1.98. The summed E-state index contributed by atoms with van der Waals surface area (Å²) >= 11 is 0. The molecule has 1 nitrogen and oxygen atoms in total. The van der Waals surface area contributed by atoms with Gasteiger partial charge >= 0.3 is 0 Å². The van der Waals surface area contributed by atoms with Gasteiger partial charge in [0.15, 0.2) is 0 Å². The molecule has 1 aromatic carbocycles.